The summed E-state index contributed by atoms with van der Waals surface area (Å²) in [6, 6.07) is 0. The predicted molar refractivity (Wildman–Crippen MR) is 62.9 cm³/mol. The minimum Gasteiger partial charge on any atom is -0.493 e. The first-order valence-corrected chi connectivity index (χ1v) is 5.52. The van der Waals surface area contributed by atoms with Gasteiger partial charge in [0.1, 0.15) is 5.69 Å². The molecular formula is C12H20N2O2. The Morgan fingerprint density at radius 3 is 2.56 bits per heavy atom. The van der Waals surface area contributed by atoms with Gasteiger partial charge in [-0.25, -0.2) is 0 Å². The number of nitrogens with zero attached hydrogens (tertiary/aromatic N) is 2. The largest absolute Gasteiger partial charge is 0.493 e. The van der Waals surface area contributed by atoms with E-state index in [2.05, 4.69) is 5.10 Å². The van der Waals surface area contributed by atoms with Crippen LogP contribution in [0.3, 0.4) is 0 Å². The summed E-state index contributed by atoms with van der Waals surface area (Å²) in [5, 5.41) is 4.13. The summed E-state index contributed by atoms with van der Waals surface area (Å²) in [6.45, 7) is 8.77. The van der Waals surface area contributed by atoms with Gasteiger partial charge in [-0.2, -0.15) is 5.10 Å². The lowest BCUT2D eigenvalue weighted by molar-refractivity contribution is 0.0926. The van der Waals surface area contributed by atoms with E-state index in [4.69, 9.17) is 4.74 Å². The summed E-state index contributed by atoms with van der Waals surface area (Å²) in [5.74, 6) is 0.653. The molecule has 1 heterocycles. The highest BCUT2D eigenvalue weighted by Crippen LogP contribution is 2.26. The Kier molecular flexibility index (Phi) is 3.73. The molecule has 0 saturated carbocycles. The molecule has 0 fully saturated rings. The maximum Gasteiger partial charge on any atom is 0.185 e. The zero-order valence-corrected chi connectivity index (χ0v) is 10.7. The van der Waals surface area contributed by atoms with Crippen LogP contribution in [0.5, 0.6) is 5.75 Å². The minimum absolute atomic E-state index is 0.0229. The molecule has 0 unspecified atom stereocenters. The fourth-order valence-corrected chi connectivity index (χ4v) is 1.60. The average molecular weight is 224 g/mol. The van der Waals surface area contributed by atoms with Crippen molar-refractivity contribution in [2.45, 2.75) is 40.7 Å². The maximum atomic E-state index is 12.1. The number of ether oxygens (including phenoxy) is 1. The van der Waals surface area contributed by atoms with Crippen molar-refractivity contribution in [1.29, 1.82) is 0 Å². The Labute approximate surface area is 96.6 Å². The van der Waals surface area contributed by atoms with E-state index in [1.807, 2.05) is 27.7 Å². The third-order valence-electron chi connectivity index (χ3n) is 2.28. The van der Waals surface area contributed by atoms with Crippen molar-refractivity contribution < 1.29 is 9.53 Å². The van der Waals surface area contributed by atoms with Gasteiger partial charge in [0.05, 0.1) is 13.3 Å². The van der Waals surface area contributed by atoms with Crippen LogP contribution in [0.2, 0.25) is 0 Å². The van der Waals surface area contributed by atoms with Crippen LogP contribution < -0.4 is 4.74 Å². The van der Waals surface area contributed by atoms with Gasteiger partial charge in [0.25, 0.3) is 0 Å². The van der Waals surface area contributed by atoms with Gasteiger partial charge < -0.3 is 4.74 Å². The summed E-state index contributed by atoms with van der Waals surface area (Å²) in [7, 11) is 1.56. The first-order chi connectivity index (χ1) is 7.39. The molecule has 1 aromatic rings. The predicted octanol–water partition coefficient (Wildman–Crippen LogP) is 2.53. The van der Waals surface area contributed by atoms with Gasteiger partial charge in [-0.05, 0) is 12.3 Å². The highest BCUT2D eigenvalue weighted by Gasteiger charge is 2.23. The molecule has 0 atom stereocenters. The number of hydrogen-bond donors (Lipinski definition) is 0. The smallest absolute Gasteiger partial charge is 0.185 e. The molecule has 1 aromatic heterocycles. The Morgan fingerprint density at radius 2 is 2.12 bits per heavy atom. The molecule has 0 bridgehead atoms. The molecule has 0 aliphatic rings. The zero-order chi connectivity index (χ0) is 12.3. The monoisotopic (exact) mass is 224 g/mol. The van der Waals surface area contributed by atoms with Gasteiger partial charge in [0.15, 0.2) is 11.5 Å². The molecule has 0 N–H and O–H groups in total. The molecule has 4 nitrogen and oxygen atoms in total. The summed E-state index contributed by atoms with van der Waals surface area (Å²) < 4.78 is 6.85. The van der Waals surface area contributed by atoms with Crippen LogP contribution >= 0.6 is 0 Å². The average Bonchev–Trinajstić information content (AvgIpc) is 2.57. The van der Waals surface area contributed by atoms with E-state index >= 15 is 0 Å². The van der Waals surface area contributed by atoms with Crippen LogP contribution in [0.25, 0.3) is 0 Å². The number of rotatable bonds is 4. The van der Waals surface area contributed by atoms with Crippen molar-refractivity contribution in [2.24, 2.45) is 5.41 Å². The van der Waals surface area contributed by atoms with E-state index in [1.165, 1.54) is 0 Å². The Balaban J connectivity index is 3.01. The molecule has 0 spiro atoms. The summed E-state index contributed by atoms with van der Waals surface area (Å²) in [6.07, 6.45) is 2.09. The van der Waals surface area contributed by atoms with Gasteiger partial charge in [-0.3, -0.25) is 9.48 Å². The first kappa shape index (κ1) is 12.7. The van der Waals surface area contributed by atoms with Crippen LogP contribution in [0.15, 0.2) is 6.20 Å². The fourth-order valence-electron chi connectivity index (χ4n) is 1.60. The number of hydrogen-bond acceptors (Lipinski definition) is 3. The number of aromatic nitrogens is 2. The van der Waals surface area contributed by atoms with Crippen molar-refractivity contribution in [3.8, 4) is 5.75 Å². The number of Topliss-reactive ketones (excluding diaryl/α,β-unsaturated/α-hetero) is 1. The quantitative estimate of drug-likeness (QED) is 0.738. The van der Waals surface area contributed by atoms with Crippen molar-refractivity contribution in [2.75, 3.05) is 7.11 Å². The normalized spacial score (nSPS) is 11.6. The van der Waals surface area contributed by atoms with Gasteiger partial charge in [0.2, 0.25) is 0 Å². The SMILES string of the molecule is CCn1ncc(OC)c1C(=O)CC(C)(C)C. The summed E-state index contributed by atoms with van der Waals surface area (Å²) in [5.41, 5.74) is 0.560. The molecule has 0 radical (unpaired) electrons. The molecule has 0 aliphatic carbocycles. The van der Waals surface area contributed by atoms with E-state index in [1.54, 1.807) is 18.0 Å². The topological polar surface area (TPSA) is 44.1 Å². The molecule has 0 saturated heterocycles. The van der Waals surface area contributed by atoms with E-state index in [0.29, 0.717) is 24.4 Å². The lowest BCUT2D eigenvalue weighted by Gasteiger charge is -2.17. The second kappa shape index (κ2) is 4.68. The van der Waals surface area contributed by atoms with Crippen molar-refractivity contribution in [1.82, 2.24) is 9.78 Å². The molecule has 90 valence electrons. The lowest BCUT2D eigenvalue weighted by Crippen LogP contribution is -2.17. The standard InChI is InChI=1S/C12H20N2O2/c1-6-14-11(10(16-5)8-13-14)9(15)7-12(2,3)4/h8H,6-7H2,1-5H3. The van der Waals surface area contributed by atoms with Gasteiger partial charge in [-0.15, -0.1) is 0 Å². The van der Waals surface area contributed by atoms with Crippen molar-refractivity contribution in [3.63, 3.8) is 0 Å². The lowest BCUT2D eigenvalue weighted by atomic mass is 9.89. The molecule has 0 aromatic carbocycles. The second-order valence-corrected chi connectivity index (χ2v) is 5.04. The van der Waals surface area contributed by atoms with Crippen LogP contribution in [-0.4, -0.2) is 22.7 Å². The maximum absolute atomic E-state index is 12.1. The molecule has 16 heavy (non-hydrogen) atoms. The minimum atomic E-state index is -0.0229. The van der Waals surface area contributed by atoms with Crippen molar-refractivity contribution >= 4 is 5.78 Å². The number of ketones is 1. The van der Waals surface area contributed by atoms with Crippen LogP contribution in [0.1, 0.15) is 44.6 Å². The zero-order valence-electron chi connectivity index (χ0n) is 10.7. The first-order valence-electron chi connectivity index (χ1n) is 5.52. The van der Waals surface area contributed by atoms with E-state index in [0.717, 1.165) is 0 Å². The van der Waals surface area contributed by atoms with Crippen molar-refractivity contribution in [3.05, 3.63) is 11.9 Å². The van der Waals surface area contributed by atoms with Crippen LogP contribution in [-0.2, 0) is 6.54 Å². The van der Waals surface area contributed by atoms with Crippen LogP contribution in [0, 0.1) is 5.41 Å². The highest BCUT2D eigenvalue weighted by molar-refractivity contribution is 5.97. The Morgan fingerprint density at radius 1 is 1.50 bits per heavy atom. The third kappa shape index (κ3) is 2.84. The molecular weight excluding hydrogens is 204 g/mol. The number of carbonyl (C=O) groups is 1. The van der Waals surface area contributed by atoms with E-state index in [9.17, 15) is 4.79 Å². The fraction of sp³-hybridized carbons (Fsp3) is 0.667. The third-order valence-corrected chi connectivity index (χ3v) is 2.28. The van der Waals surface area contributed by atoms with Gasteiger partial charge >= 0.3 is 0 Å². The summed E-state index contributed by atoms with van der Waals surface area (Å²) in [4.78, 5) is 12.1. The molecule has 0 aliphatic heterocycles. The number of aryl methyl sites for hydroxylation is 1. The van der Waals surface area contributed by atoms with Gasteiger partial charge in [-0.1, -0.05) is 20.8 Å². The Bertz CT molecular complexity index is 353. The van der Waals surface area contributed by atoms with E-state index in [-0.39, 0.29) is 11.2 Å². The van der Waals surface area contributed by atoms with Crippen LogP contribution in [0.4, 0.5) is 0 Å². The molecule has 4 heteroatoms. The van der Waals surface area contributed by atoms with E-state index < -0.39 is 0 Å². The Hall–Kier alpha value is -1.32. The molecule has 1 rings (SSSR count). The number of carbonyl (C=O) groups excluding carboxylic acids is 1. The highest BCUT2D eigenvalue weighted by atomic mass is 16.5. The molecule has 0 amide bonds. The summed E-state index contributed by atoms with van der Waals surface area (Å²) >= 11 is 0. The number of methoxy groups -OCH3 is 1. The van der Waals surface area contributed by atoms with Gasteiger partial charge in [0, 0.05) is 13.0 Å². The second-order valence-electron chi connectivity index (χ2n) is 5.04.